The lowest BCUT2D eigenvalue weighted by atomic mass is 10.4. The lowest BCUT2D eigenvalue weighted by molar-refractivity contribution is -0.229. The summed E-state index contributed by atoms with van der Waals surface area (Å²) in [5.74, 6) is -1.10. The summed E-state index contributed by atoms with van der Waals surface area (Å²) in [6.07, 6.45) is 0. The van der Waals surface area contributed by atoms with Crippen molar-refractivity contribution in [2.75, 3.05) is 6.61 Å². The van der Waals surface area contributed by atoms with Crippen LogP contribution in [0.1, 0.15) is 20.8 Å². The van der Waals surface area contributed by atoms with Crippen molar-refractivity contribution in [1.29, 1.82) is 0 Å². The van der Waals surface area contributed by atoms with Gasteiger partial charge in [-0.3, -0.25) is 4.89 Å². The maximum Gasteiger partial charge on any atom is 0.367 e. The SMILES string of the molecule is C=C(C)C(=O)OCC.C=C(C)C(=O)OO. The van der Waals surface area contributed by atoms with E-state index in [1.54, 1.807) is 13.8 Å². The van der Waals surface area contributed by atoms with Crippen molar-refractivity contribution in [1.82, 2.24) is 0 Å². The molecule has 0 saturated carbocycles. The maximum atomic E-state index is 10.4. The first-order valence-electron chi connectivity index (χ1n) is 4.20. The summed E-state index contributed by atoms with van der Waals surface area (Å²) >= 11 is 0. The van der Waals surface area contributed by atoms with Crippen molar-refractivity contribution in [3.63, 3.8) is 0 Å². The number of carbonyl (C=O) groups excluding carboxylic acids is 2. The summed E-state index contributed by atoms with van der Waals surface area (Å²) in [6, 6.07) is 0. The summed E-state index contributed by atoms with van der Waals surface area (Å²) in [6.45, 7) is 11.8. The van der Waals surface area contributed by atoms with Crippen molar-refractivity contribution in [2.45, 2.75) is 20.8 Å². The molecule has 0 fully saturated rings. The molecule has 0 rings (SSSR count). The molecule has 0 aromatic carbocycles. The number of ether oxygens (including phenoxy) is 1. The number of rotatable bonds is 3. The van der Waals surface area contributed by atoms with Crippen molar-refractivity contribution in [2.24, 2.45) is 0 Å². The second-order valence-corrected chi connectivity index (χ2v) is 2.66. The van der Waals surface area contributed by atoms with Crippen LogP contribution in [0.3, 0.4) is 0 Å². The van der Waals surface area contributed by atoms with Gasteiger partial charge >= 0.3 is 11.9 Å². The van der Waals surface area contributed by atoms with Crippen LogP contribution in [0.25, 0.3) is 0 Å². The Bertz CT molecular complexity index is 255. The molecule has 0 amide bonds. The molecule has 0 aliphatic carbocycles. The van der Waals surface area contributed by atoms with Crippen molar-refractivity contribution >= 4 is 11.9 Å². The van der Waals surface area contributed by atoms with Crippen LogP contribution in [0.5, 0.6) is 0 Å². The van der Waals surface area contributed by atoms with E-state index in [9.17, 15) is 9.59 Å². The van der Waals surface area contributed by atoms with Gasteiger partial charge in [-0.1, -0.05) is 13.2 Å². The monoisotopic (exact) mass is 216 g/mol. The summed E-state index contributed by atoms with van der Waals surface area (Å²) in [7, 11) is 0. The van der Waals surface area contributed by atoms with Gasteiger partial charge in [-0.15, -0.1) is 0 Å². The normalized spacial score (nSPS) is 8.00. The van der Waals surface area contributed by atoms with Gasteiger partial charge in [0.2, 0.25) is 0 Å². The minimum Gasteiger partial charge on any atom is -0.463 e. The molecule has 0 unspecified atom stereocenters. The highest BCUT2D eigenvalue weighted by molar-refractivity contribution is 5.87. The summed E-state index contributed by atoms with van der Waals surface area (Å²) in [4.78, 5) is 23.6. The fourth-order valence-electron chi connectivity index (χ4n) is 0.332. The minimum atomic E-state index is -0.792. The van der Waals surface area contributed by atoms with E-state index in [1.807, 2.05) is 0 Å². The van der Waals surface area contributed by atoms with Crippen molar-refractivity contribution in [3.05, 3.63) is 24.3 Å². The van der Waals surface area contributed by atoms with Crippen molar-refractivity contribution in [3.8, 4) is 0 Å². The van der Waals surface area contributed by atoms with E-state index in [-0.39, 0.29) is 11.5 Å². The molecule has 86 valence electrons. The molecular weight excluding hydrogens is 200 g/mol. The van der Waals surface area contributed by atoms with Gasteiger partial charge < -0.3 is 4.74 Å². The van der Waals surface area contributed by atoms with Gasteiger partial charge in [0, 0.05) is 11.1 Å². The van der Waals surface area contributed by atoms with E-state index in [1.165, 1.54) is 6.92 Å². The maximum absolute atomic E-state index is 10.4. The number of carbonyl (C=O) groups is 2. The summed E-state index contributed by atoms with van der Waals surface area (Å²) < 4.78 is 4.56. The van der Waals surface area contributed by atoms with Gasteiger partial charge in [0.25, 0.3) is 0 Å². The van der Waals surface area contributed by atoms with Crippen LogP contribution in [0, 0.1) is 0 Å². The summed E-state index contributed by atoms with van der Waals surface area (Å²) in [5.41, 5.74) is 0.634. The first-order chi connectivity index (χ1) is 6.86. The van der Waals surface area contributed by atoms with Crippen LogP contribution in [-0.4, -0.2) is 23.8 Å². The fourth-order valence-corrected chi connectivity index (χ4v) is 0.332. The Morgan fingerprint density at radius 3 is 1.60 bits per heavy atom. The molecule has 0 saturated heterocycles. The quantitative estimate of drug-likeness (QED) is 0.336. The second kappa shape index (κ2) is 8.96. The Labute approximate surface area is 88.9 Å². The highest BCUT2D eigenvalue weighted by atomic mass is 17.1. The molecule has 0 aliphatic rings. The van der Waals surface area contributed by atoms with Gasteiger partial charge in [-0.2, -0.15) is 5.26 Å². The van der Waals surface area contributed by atoms with E-state index in [0.717, 1.165) is 0 Å². The Balaban J connectivity index is 0. The smallest absolute Gasteiger partial charge is 0.367 e. The van der Waals surface area contributed by atoms with Gasteiger partial charge in [-0.05, 0) is 20.8 Å². The van der Waals surface area contributed by atoms with E-state index < -0.39 is 5.97 Å². The molecule has 0 aromatic rings. The molecular formula is C10H16O5. The third kappa shape index (κ3) is 10.3. The highest BCUT2D eigenvalue weighted by Crippen LogP contribution is 1.89. The molecule has 5 nitrogen and oxygen atoms in total. The zero-order valence-corrected chi connectivity index (χ0v) is 9.20. The van der Waals surface area contributed by atoms with Gasteiger partial charge in [0.15, 0.2) is 0 Å². The largest absolute Gasteiger partial charge is 0.463 e. The molecule has 0 radical (unpaired) electrons. The van der Waals surface area contributed by atoms with E-state index in [2.05, 4.69) is 22.8 Å². The van der Waals surface area contributed by atoms with Crippen LogP contribution in [0.2, 0.25) is 0 Å². The van der Waals surface area contributed by atoms with E-state index in [4.69, 9.17) is 5.26 Å². The molecule has 0 heterocycles. The molecule has 0 aromatic heterocycles. The Kier molecular flexibility index (Phi) is 9.45. The predicted octanol–water partition coefficient (Wildman–Crippen LogP) is 1.70. The average molecular weight is 216 g/mol. The average Bonchev–Trinajstić information content (AvgIpc) is 2.17. The molecule has 15 heavy (non-hydrogen) atoms. The molecule has 0 atom stereocenters. The topological polar surface area (TPSA) is 72.8 Å². The number of hydrogen-bond donors (Lipinski definition) is 1. The molecule has 1 N–H and O–H groups in total. The highest BCUT2D eigenvalue weighted by Gasteiger charge is 1.98. The van der Waals surface area contributed by atoms with Crippen molar-refractivity contribution < 1.29 is 24.5 Å². The van der Waals surface area contributed by atoms with Crippen LogP contribution in [0.15, 0.2) is 24.3 Å². The second-order valence-electron chi connectivity index (χ2n) is 2.66. The molecule has 0 aliphatic heterocycles. The zero-order chi connectivity index (χ0) is 12.4. The number of esters is 1. The predicted molar refractivity (Wildman–Crippen MR) is 55.0 cm³/mol. The van der Waals surface area contributed by atoms with Crippen LogP contribution in [0.4, 0.5) is 0 Å². The minimum absolute atomic E-state index is 0.183. The summed E-state index contributed by atoms with van der Waals surface area (Å²) in [5, 5.41) is 7.59. The first kappa shape index (κ1) is 15.8. The van der Waals surface area contributed by atoms with Crippen LogP contribution >= 0.6 is 0 Å². The Morgan fingerprint density at radius 1 is 1.13 bits per heavy atom. The van der Waals surface area contributed by atoms with E-state index >= 15 is 0 Å². The molecule has 0 bridgehead atoms. The standard InChI is InChI=1S/C6H10O2.C4H6O3/c1-4-8-6(7)5(2)3;1-3(2)4(5)7-6/h2,4H2,1,3H3;6H,1H2,2H3. The van der Waals surface area contributed by atoms with E-state index in [0.29, 0.717) is 12.2 Å². The van der Waals surface area contributed by atoms with Crippen LogP contribution in [-0.2, 0) is 19.2 Å². The Hall–Kier alpha value is -1.62. The van der Waals surface area contributed by atoms with Crippen LogP contribution < -0.4 is 0 Å². The Morgan fingerprint density at radius 2 is 1.53 bits per heavy atom. The first-order valence-corrected chi connectivity index (χ1v) is 4.20. The third-order valence-electron chi connectivity index (χ3n) is 1.06. The lowest BCUT2D eigenvalue weighted by Gasteiger charge is -1.96. The van der Waals surface area contributed by atoms with Gasteiger partial charge in [0.05, 0.1) is 6.61 Å². The fraction of sp³-hybridized carbons (Fsp3) is 0.400. The zero-order valence-electron chi connectivity index (χ0n) is 9.20. The molecule has 0 spiro atoms. The number of hydrogen-bond acceptors (Lipinski definition) is 5. The van der Waals surface area contributed by atoms with Gasteiger partial charge in [-0.25, -0.2) is 9.59 Å². The lowest BCUT2D eigenvalue weighted by Crippen LogP contribution is -2.03. The third-order valence-corrected chi connectivity index (χ3v) is 1.06. The van der Waals surface area contributed by atoms with Gasteiger partial charge in [0.1, 0.15) is 0 Å². The molecule has 5 heteroatoms.